The van der Waals surface area contributed by atoms with Gasteiger partial charge in [0.15, 0.2) is 7.38 Å². The van der Waals surface area contributed by atoms with Crippen LogP contribution in [-0.4, -0.2) is 7.38 Å². The lowest BCUT2D eigenvalue weighted by atomic mass is 10.5. The van der Waals surface area contributed by atoms with E-state index >= 15 is 0 Å². The predicted molar refractivity (Wildman–Crippen MR) is 43.0 cm³/mol. The van der Waals surface area contributed by atoms with Crippen LogP contribution in [0.15, 0.2) is 12.7 Å². The number of allylic oxidation sites excluding steroid dienone is 1. The Morgan fingerprint density at radius 3 is 2.25 bits per heavy atom. The van der Waals surface area contributed by atoms with Crippen molar-refractivity contribution in [2.75, 3.05) is 0 Å². The van der Waals surface area contributed by atoms with Crippen molar-refractivity contribution in [1.29, 1.82) is 0 Å². The lowest BCUT2D eigenvalue weighted by Gasteiger charge is -2.09. The standard InChI is InChI=1S/C6H13ClSi/c1-4-5-6-8(2,3)7/h4H,1,5-6H2,2-3H3. The van der Waals surface area contributed by atoms with Gasteiger partial charge in [0.1, 0.15) is 0 Å². The molecule has 0 amide bonds. The van der Waals surface area contributed by atoms with E-state index in [-0.39, 0.29) is 0 Å². The molecule has 48 valence electrons. The smallest absolute Gasteiger partial charge is 0.150 e. The molecule has 0 rings (SSSR count). The molecular formula is C6H13ClSi. The summed E-state index contributed by atoms with van der Waals surface area (Å²) in [4.78, 5) is 0. The van der Waals surface area contributed by atoms with Crippen molar-refractivity contribution >= 4 is 18.5 Å². The van der Waals surface area contributed by atoms with Crippen LogP contribution in [0.1, 0.15) is 6.42 Å². The lowest BCUT2D eigenvalue weighted by Crippen LogP contribution is -2.14. The van der Waals surface area contributed by atoms with Gasteiger partial charge in [0.05, 0.1) is 0 Å². The first kappa shape index (κ1) is 8.25. The van der Waals surface area contributed by atoms with Gasteiger partial charge in [-0.2, -0.15) is 11.1 Å². The van der Waals surface area contributed by atoms with Gasteiger partial charge in [0.25, 0.3) is 0 Å². The molecule has 0 nitrogen and oxygen atoms in total. The highest BCUT2D eigenvalue weighted by molar-refractivity contribution is 7.19. The molecule has 0 aromatic heterocycles. The minimum Gasteiger partial charge on any atom is -0.168 e. The van der Waals surface area contributed by atoms with Crippen molar-refractivity contribution < 1.29 is 0 Å². The van der Waals surface area contributed by atoms with Crippen molar-refractivity contribution in [3.8, 4) is 0 Å². The third-order valence-corrected chi connectivity index (χ3v) is 2.99. The third-order valence-electron chi connectivity index (χ3n) is 0.943. The van der Waals surface area contributed by atoms with Gasteiger partial charge in [-0.25, -0.2) is 0 Å². The quantitative estimate of drug-likeness (QED) is 0.328. The monoisotopic (exact) mass is 148 g/mol. The first-order valence-corrected chi connectivity index (χ1v) is 7.08. The summed E-state index contributed by atoms with van der Waals surface area (Å²) >= 11 is 6.00. The molecular weight excluding hydrogens is 136 g/mol. The molecule has 0 heterocycles. The van der Waals surface area contributed by atoms with Crippen LogP contribution in [0.5, 0.6) is 0 Å². The number of rotatable bonds is 3. The maximum absolute atomic E-state index is 6.00. The summed E-state index contributed by atoms with van der Waals surface area (Å²) in [6.45, 7) is 7.93. The van der Waals surface area contributed by atoms with Gasteiger partial charge in [-0.1, -0.05) is 19.2 Å². The third kappa shape index (κ3) is 6.25. The Labute approximate surface area is 57.3 Å². The summed E-state index contributed by atoms with van der Waals surface area (Å²) in [7, 11) is -1.28. The maximum Gasteiger partial charge on any atom is 0.150 e. The van der Waals surface area contributed by atoms with E-state index in [2.05, 4.69) is 19.7 Å². The van der Waals surface area contributed by atoms with Crippen LogP contribution in [0.2, 0.25) is 19.1 Å². The van der Waals surface area contributed by atoms with Gasteiger partial charge in [-0.15, -0.1) is 6.58 Å². The molecule has 0 spiro atoms. The minimum atomic E-state index is -1.28. The van der Waals surface area contributed by atoms with Crippen molar-refractivity contribution in [1.82, 2.24) is 0 Å². The second kappa shape index (κ2) is 3.31. The zero-order chi connectivity index (χ0) is 6.62. The fraction of sp³-hybridized carbons (Fsp3) is 0.667. The molecule has 8 heavy (non-hydrogen) atoms. The second-order valence-corrected chi connectivity index (χ2v) is 9.55. The SMILES string of the molecule is C=CCC[Si](C)(C)Cl. The minimum absolute atomic E-state index is 1.07. The highest BCUT2D eigenvalue weighted by atomic mass is 35.6. The van der Waals surface area contributed by atoms with Crippen molar-refractivity contribution in [3.05, 3.63) is 12.7 Å². The molecule has 0 atom stereocenters. The Morgan fingerprint density at radius 2 is 2.12 bits per heavy atom. The largest absolute Gasteiger partial charge is 0.168 e. The van der Waals surface area contributed by atoms with Gasteiger partial charge in [0, 0.05) is 0 Å². The topological polar surface area (TPSA) is 0 Å². The lowest BCUT2D eigenvalue weighted by molar-refractivity contribution is 1.18. The molecule has 0 aliphatic carbocycles. The van der Waals surface area contributed by atoms with E-state index in [9.17, 15) is 0 Å². The Bertz CT molecular complexity index is 73.1. The maximum atomic E-state index is 6.00. The van der Waals surface area contributed by atoms with E-state index in [0.29, 0.717) is 0 Å². The molecule has 0 N–H and O–H groups in total. The molecule has 2 heteroatoms. The Morgan fingerprint density at radius 1 is 1.62 bits per heavy atom. The second-order valence-electron chi connectivity index (χ2n) is 2.55. The first-order chi connectivity index (χ1) is 3.56. The molecule has 0 aromatic rings. The summed E-state index contributed by atoms with van der Waals surface area (Å²) in [5.74, 6) is 0. The predicted octanol–water partition coefficient (Wildman–Crippen LogP) is 3.01. The fourth-order valence-corrected chi connectivity index (χ4v) is 1.66. The van der Waals surface area contributed by atoms with Crippen LogP contribution >= 0.6 is 11.1 Å². The molecule has 0 saturated heterocycles. The van der Waals surface area contributed by atoms with Crippen molar-refractivity contribution in [2.24, 2.45) is 0 Å². The molecule has 0 fully saturated rings. The van der Waals surface area contributed by atoms with E-state index < -0.39 is 7.38 Å². The van der Waals surface area contributed by atoms with Crippen LogP contribution in [-0.2, 0) is 0 Å². The van der Waals surface area contributed by atoms with Crippen LogP contribution in [0.4, 0.5) is 0 Å². The number of hydrogen-bond acceptors (Lipinski definition) is 0. The van der Waals surface area contributed by atoms with Gasteiger partial charge in [-0.05, 0) is 12.5 Å². The fourth-order valence-electron chi connectivity index (χ4n) is 0.445. The van der Waals surface area contributed by atoms with Crippen molar-refractivity contribution in [2.45, 2.75) is 25.6 Å². The summed E-state index contributed by atoms with van der Waals surface area (Å²) < 4.78 is 0. The summed E-state index contributed by atoms with van der Waals surface area (Å²) in [6.07, 6.45) is 3.00. The molecule has 0 bridgehead atoms. The Balaban J connectivity index is 3.24. The zero-order valence-electron chi connectivity index (χ0n) is 5.58. The van der Waals surface area contributed by atoms with Crippen LogP contribution in [0.3, 0.4) is 0 Å². The average molecular weight is 149 g/mol. The highest BCUT2D eigenvalue weighted by Gasteiger charge is 2.14. The molecule has 0 saturated carbocycles. The van der Waals surface area contributed by atoms with Gasteiger partial charge >= 0.3 is 0 Å². The molecule has 0 aliphatic heterocycles. The molecule has 0 aromatic carbocycles. The van der Waals surface area contributed by atoms with E-state index in [1.165, 1.54) is 0 Å². The van der Waals surface area contributed by atoms with Crippen molar-refractivity contribution in [3.63, 3.8) is 0 Å². The molecule has 0 radical (unpaired) electrons. The zero-order valence-corrected chi connectivity index (χ0v) is 7.33. The average Bonchev–Trinajstić information content (AvgIpc) is 1.59. The number of halogens is 1. The van der Waals surface area contributed by atoms with Gasteiger partial charge in [0.2, 0.25) is 0 Å². The summed E-state index contributed by atoms with van der Waals surface area (Å²) in [5, 5.41) is 0. The van der Waals surface area contributed by atoms with E-state index in [1.807, 2.05) is 6.08 Å². The first-order valence-electron chi connectivity index (χ1n) is 2.86. The van der Waals surface area contributed by atoms with Crippen LogP contribution in [0, 0.1) is 0 Å². The number of hydrogen-bond donors (Lipinski definition) is 0. The molecule has 0 unspecified atom stereocenters. The van der Waals surface area contributed by atoms with Crippen LogP contribution in [0.25, 0.3) is 0 Å². The molecule has 0 aliphatic rings. The highest BCUT2D eigenvalue weighted by Crippen LogP contribution is 2.15. The van der Waals surface area contributed by atoms with Gasteiger partial charge < -0.3 is 0 Å². The van der Waals surface area contributed by atoms with Gasteiger partial charge in [-0.3, -0.25) is 0 Å². The van der Waals surface area contributed by atoms with Crippen LogP contribution < -0.4 is 0 Å². The Hall–Kier alpha value is 0.247. The summed E-state index contributed by atoms with van der Waals surface area (Å²) in [5.41, 5.74) is 0. The normalized spacial score (nSPS) is 11.4. The summed E-state index contributed by atoms with van der Waals surface area (Å²) in [6, 6.07) is 1.15. The van der Waals surface area contributed by atoms with E-state index in [1.54, 1.807) is 0 Å². The van der Waals surface area contributed by atoms with E-state index in [4.69, 9.17) is 11.1 Å². The van der Waals surface area contributed by atoms with E-state index in [0.717, 1.165) is 12.5 Å². The Kier molecular flexibility index (Phi) is 3.41.